The molecule has 1 amide bonds. The van der Waals surface area contributed by atoms with Crippen LogP contribution in [0.2, 0.25) is 0 Å². The highest BCUT2D eigenvalue weighted by Crippen LogP contribution is 2.30. The van der Waals surface area contributed by atoms with Crippen molar-refractivity contribution in [3.8, 4) is 0 Å². The molecule has 1 N–H and O–H groups in total. The molecule has 0 saturated carbocycles. The second kappa shape index (κ2) is 9.35. The number of aryl methyl sites for hydroxylation is 1. The van der Waals surface area contributed by atoms with Crippen LogP contribution in [-0.4, -0.2) is 40.7 Å². The van der Waals surface area contributed by atoms with E-state index in [1.807, 2.05) is 26.2 Å². The standard InChI is InChI=1S/C18H23FN4O.2ClH/c1-12(14-8-20-9-14)18(24)23(3)17(15-10-21-22(2)11-15)13-5-4-6-16(19)7-13;;/h4-7,10-12,14,17,20H,8-9H2,1-3H3;2*1H. The van der Waals surface area contributed by atoms with Crippen molar-refractivity contribution in [2.75, 3.05) is 20.1 Å². The van der Waals surface area contributed by atoms with Gasteiger partial charge in [0, 0.05) is 31.8 Å². The summed E-state index contributed by atoms with van der Waals surface area (Å²) in [6.07, 6.45) is 3.60. The molecule has 8 heteroatoms. The Hall–Kier alpha value is -1.63. The van der Waals surface area contributed by atoms with Crippen LogP contribution >= 0.6 is 24.8 Å². The van der Waals surface area contributed by atoms with Gasteiger partial charge in [0.15, 0.2) is 0 Å². The van der Waals surface area contributed by atoms with Crippen molar-refractivity contribution in [2.24, 2.45) is 18.9 Å². The first-order valence-electron chi connectivity index (χ1n) is 8.18. The minimum absolute atomic E-state index is 0. The van der Waals surface area contributed by atoms with E-state index in [9.17, 15) is 9.18 Å². The van der Waals surface area contributed by atoms with Gasteiger partial charge in [0.25, 0.3) is 0 Å². The zero-order valence-corrected chi connectivity index (χ0v) is 16.7. The fraction of sp³-hybridized carbons (Fsp3) is 0.444. The van der Waals surface area contributed by atoms with Gasteiger partial charge in [-0.3, -0.25) is 9.48 Å². The molecule has 2 unspecified atom stereocenters. The van der Waals surface area contributed by atoms with Crippen molar-refractivity contribution in [3.05, 3.63) is 53.6 Å². The summed E-state index contributed by atoms with van der Waals surface area (Å²) < 4.78 is 15.4. The highest BCUT2D eigenvalue weighted by molar-refractivity contribution is 5.85. The maximum absolute atomic E-state index is 13.7. The highest BCUT2D eigenvalue weighted by atomic mass is 35.5. The van der Waals surface area contributed by atoms with Crippen molar-refractivity contribution in [1.29, 1.82) is 0 Å². The number of hydrogen-bond acceptors (Lipinski definition) is 3. The summed E-state index contributed by atoms with van der Waals surface area (Å²) in [6.45, 7) is 3.72. The highest BCUT2D eigenvalue weighted by Gasteiger charge is 2.34. The van der Waals surface area contributed by atoms with E-state index < -0.39 is 0 Å². The predicted octanol–water partition coefficient (Wildman–Crippen LogP) is 2.81. The molecule has 0 spiro atoms. The summed E-state index contributed by atoms with van der Waals surface area (Å²) in [7, 11) is 3.62. The van der Waals surface area contributed by atoms with E-state index >= 15 is 0 Å². The number of carbonyl (C=O) groups excluding carboxylic acids is 1. The van der Waals surface area contributed by atoms with Crippen molar-refractivity contribution in [1.82, 2.24) is 20.0 Å². The van der Waals surface area contributed by atoms with Gasteiger partial charge in [-0.1, -0.05) is 19.1 Å². The van der Waals surface area contributed by atoms with Gasteiger partial charge in [-0.15, -0.1) is 24.8 Å². The third-order valence-electron chi connectivity index (χ3n) is 4.85. The number of halogens is 3. The Bertz CT molecular complexity index is 735. The number of carbonyl (C=O) groups is 1. The molecule has 1 aromatic carbocycles. The van der Waals surface area contributed by atoms with Gasteiger partial charge in [0.05, 0.1) is 12.2 Å². The van der Waals surface area contributed by atoms with Gasteiger partial charge < -0.3 is 10.2 Å². The Morgan fingerprint density at radius 2 is 2.04 bits per heavy atom. The maximum Gasteiger partial charge on any atom is 0.226 e. The first-order chi connectivity index (χ1) is 11.5. The van der Waals surface area contributed by atoms with Crippen molar-refractivity contribution in [3.63, 3.8) is 0 Å². The third-order valence-corrected chi connectivity index (χ3v) is 4.85. The topological polar surface area (TPSA) is 50.2 Å². The molecule has 0 aliphatic carbocycles. The molecule has 1 aliphatic heterocycles. The molecular weight excluding hydrogens is 378 g/mol. The van der Waals surface area contributed by atoms with Crippen LogP contribution in [0.1, 0.15) is 24.1 Å². The fourth-order valence-electron chi connectivity index (χ4n) is 3.21. The summed E-state index contributed by atoms with van der Waals surface area (Å²) >= 11 is 0. The Labute approximate surface area is 165 Å². The van der Waals surface area contributed by atoms with Gasteiger partial charge in [0.1, 0.15) is 5.82 Å². The van der Waals surface area contributed by atoms with Gasteiger partial charge in [-0.2, -0.15) is 5.10 Å². The van der Waals surface area contributed by atoms with Gasteiger partial charge >= 0.3 is 0 Å². The molecule has 1 aliphatic rings. The zero-order chi connectivity index (χ0) is 17.3. The molecule has 3 rings (SSSR count). The lowest BCUT2D eigenvalue weighted by Gasteiger charge is -2.36. The predicted molar refractivity (Wildman–Crippen MR) is 104 cm³/mol. The Balaban J connectivity index is 0.00000169. The molecular formula is C18H25Cl2FN4O. The second-order valence-corrected chi connectivity index (χ2v) is 6.56. The van der Waals surface area contributed by atoms with E-state index in [1.165, 1.54) is 12.1 Å². The molecule has 1 aromatic heterocycles. The largest absolute Gasteiger partial charge is 0.334 e. The maximum atomic E-state index is 13.7. The monoisotopic (exact) mass is 402 g/mol. The van der Waals surface area contributed by atoms with E-state index in [0.717, 1.165) is 24.2 Å². The number of nitrogens with one attached hydrogen (secondary N) is 1. The molecule has 144 valence electrons. The van der Waals surface area contributed by atoms with Gasteiger partial charge in [-0.25, -0.2) is 4.39 Å². The van der Waals surface area contributed by atoms with Crippen LogP contribution in [0.25, 0.3) is 0 Å². The molecule has 26 heavy (non-hydrogen) atoms. The summed E-state index contributed by atoms with van der Waals surface area (Å²) in [4.78, 5) is 14.7. The third kappa shape index (κ3) is 4.55. The van der Waals surface area contributed by atoms with E-state index in [1.54, 1.807) is 28.9 Å². The van der Waals surface area contributed by atoms with Crippen LogP contribution in [0.4, 0.5) is 4.39 Å². The molecule has 0 radical (unpaired) electrons. The number of aromatic nitrogens is 2. The molecule has 2 heterocycles. The van der Waals surface area contributed by atoms with Gasteiger partial charge in [-0.05, 0) is 36.7 Å². The average molecular weight is 403 g/mol. The van der Waals surface area contributed by atoms with Crippen LogP contribution in [0.3, 0.4) is 0 Å². The zero-order valence-electron chi connectivity index (χ0n) is 15.1. The van der Waals surface area contributed by atoms with Crippen molar-refractivity contribution in [2.45, 2.75) is 13.0 Å². The first-order valence-corrected chi connectivity index (χ1v) is 8.18. The van der Waals surface area contributed by atoms with Crippen molar-refractivity contribution < 1.29 is 9.18 Å². The van der Waals surface area contributed by atoms with Crippen LogP contribution in [-0.2, 0) is 11.8 Å². The average Bonchev–Trinajstić information content (AvgIpc) is 2.91. The number of benzene rings is 1. The van der Waals surface area contributed by atoms with E-state index in [4.69, 9.17) is 0 Å². The summed E-state index contributed by atoms with van der Waals surface area (Å²) in [6, 6.07) is 6.06. The second-order valence-electron chi connectivity index (χ2n) is 6.56. The molecule has 2 atom stereocenters. The Kier molecular flexibility index (Phi) is 8.06. The van der Waals surface area contributed by atoms with E-state index in [0.29, 0.717) is 5.92 Å². The minimum Gasteiger partial charge on any atom is -0.334 e. The van der Waals surface area contributed by atoms with Gasteiger partial charge in [0.2, 0.25) is 5.91 Å². The molecule has 5 nitrogen and oxygen atoms in total. The lowest BCUT2D eigenvalue weighted by atomic mass is 9.87. The number of nitrogens with zero attached hydrogens (tertiary/aromatic N) is 3. The van der Waals surface area contributed by atoms with Crippen LogP contribution < -0.4 is 5.32 Å². The fourth-order valence-corrected chi connectivity index (χ4v) is 3.21. The normalized spacial score (nSPS) is 15.8. The number of hydrogen-bond donors (Lipinski definition) is 1. The number of amides is 1. The van der Waals surface area contributed by atoms with E-state index in [-0.39, 0.29) is 48.5 Å². The van der Waals surface area contributed by atoms with E-state index in [2.05, 4.69) is 10.4 Å². The molecule has 0 bridgehead atoms. The van der Waals surface area contributed by atoms with Crippen LogP contribution in [0, 0.1) is 17.7 Å². The molecule has 2 aromatic rings. The number of rotatable bonds is 5. The smallest absolute Gasteiger partial charge is 0.226 e. The summed E-state index contributed by atoms with van der Waals surface area (Å²) in [5, 5.41) is 7.42. The molecule has 1 fully saturated rings. The lowest BCUT2D eigenvalue weighted by molar-refractivity contribution is -0.137. The summed E-state index contributed by atoms with van der Waals surface area (Å²) in [5.41, 5.74) is 1.62. The SMILES string of the molecule is CC(C(=O)N(C)C(c1cccc(F)c1)c1cnn(C)c1)C1CNC1.Cl.Cl. The Morgan fingerprint density at radius 1 is 1.35 bits per heavy atom. The van der Waals surface area contributed by atoms with Crippen LogP contribution in [0.15, 0.2) is 36.7 Å². The van der Waals surface area contributed by atoms with Crippen LogP contribution in [0.5, 0.6) is 0 Å². The molecule has 1 saturated heterocycles. The first kappa shape index (κ1) is 22.4. The quantitative estimate of drug-likeness (QED) is 0.836. The minimum atomic E-state index is -0.350. The lowest BCUT2D eigenvalue weighted by Crippen LogP contribution is -2.50. The summed E-state index contributed by atoms with van der Waals surface area (Å²) in [5.74, 6) is 0.0593. The van der Waals surface area contributed by atoms with Crippen molar-refractivity contribution >= 4 is 30.7 Å². The Morgan fingerprint density at radius 3 is 2.54 bits per heavy atom.